The van der Waals surface area contributed by atoms with E-state index < -0.39 is 0 Å². The number of methoxy groups -OCH3 is 3. The van der Waals surface area contributed by atoms with Crippen molar-refractivity contribution in [3.05, 3.63) is 45.9 Å². The van der Waals surface area contributed by atoms with Crippen LogP contribution in [0.3, 0.4) is 0 Å². The Bertz CT molecular complexity index is 807. The Kier molecular flexibility index (Phi) is 6.76. The molecule has 1 heterocycles. The Morgan fingerprint density at radius 2 is 1.70 bits per heavy atom. The van der Waals surface area contributed by atoms with Gasteiger partial charge in [0.2, 0.25) is 0 Å². The number of ether oxygens (including phenoxy) is 3. The molecule has 1 fully saturated rings. The van der Waals surface area contributed by atoms with Gasteiger partial charge in [-0.15, -0.1) is 23.5 Å². The van der Waals surface area contributed by atoms with E-state index in [2.05, 4.69) is 22.0 Å². The molecule has 0 atom stereocenters. The van der Waals surface area contributed by atoms with E-state index in [1.165, 1.54) is 0 Å². The molecule has 0 radical (unpaired) electrons. The maximum absolute atomic E-state index is 10.8. The first-order chi connectivity index (χ1) is 13.1. The van der Waals surface area contributed by atoms with Crippen molar-refractivity contribution < 1.29 is 19.3 Å². The van der Waals surface area contributed by atoms with Crippen LogP contribution in [-0.4, -0.2) is 37.9 Å². The summed E-state index contributed by atoms with van der Waals surface area (Å²) in [6, 6.07) is 9.71. The molecule has 2 aromatic carbocycles. The van der Waals surface area contributed by atoms with Crippen LogP contribution in [0.2, 0.25) is 0 Å². The highest BCUT2D eigenvalue weighted by Gasteiger charge is 2.39. The number of phenolic OH excluding ortho intramolecular Hbond substituents is 1. The fraction of sp³-hybridized carbons (Fsp3) is 0.400. The minimum atomic E-state index is -0.293. The maximum atomic E-state index is 10.8. The molecule has 0 amide bonds. The lowest BCUT2D eigenvalue weighted by Crippen LogP contribution is -2.26. The monoisotopic (exact) mass is 470 g/mol. The molecule has 2 aromatic rings. The summed E-state index contributed by atoms with van der Waals surface area (Å²) >= 11 is 7.45. The van der Waals surface area contributed by atoms with Crippen LogP contribution in [0.25, 0.3) is 0 Å². The van der Waals surface area contributed by atoms with Gasteiger partial charge in [0.25, 0.3) is 0 Å². The van der Waals surface area contributed by atoms with E-state index in [0.29, 0.717) is 17.2 Å². The Balaban J connectivity index is 2.07. The molecule has 3 rings (SSSR count). The van der Waals surface area contributed by atoms with Gasteiger partial charge in [-0.05, 0) is 51.6 Å². The lowest BCUT2D eigenvalue weighted by molar-refractivity contribution is 0.352. The third-order valence-electron chi connectivity index (χ3n) is 4.58. The highest BCUT2D eigenvalue weighted by molar-refractivity contribution is 9.10. The second kappa shape index (κ2) is 8.88. The van der Waals surface area contributed by atoms with Gasteiger partial charge in [0.15, 0.2) is 23.0 Å². The van der Waals surface area contributed by atoms with Crippen molar-refractivity contribution in [2.24, 2.45) is 0 Å². The summed E-state index contributed by atoms with van der Waals surface area (Å²) in [6.07, 6.45) is 1.90. The molecule has 1 N–H and O–H groups in total. The van der Waals surface area contributed by atoms with E-state index in [1.807, 2.05) is 41.7 Å². The molecule has 27 heavy (non-hydrogen) atoms. The smallest absolute Gasteiger partial charge is 0.175 e. The molecule has 1 saturated heterocycles. The molecule has 0 saturated carbocycles. The Hall–Kier alpha value is -1.18. The Labute approximate surface area is 177 Å². The van der Waals surface area contributed by atoms with Crippen LogP contribution < -0.4 is 14.2 Å². The highest BCUT2D eigenvalue weighted by atomic mass is 79.9. The molecule has 0 bridgehead atoms. The van der Waals surface area contributed by atoms with E-state index in [4.69, 9.17) is 14.2 Å². The number of para-hydroxylation sites is 1. The van der Waals surface area contributed by atoms with Crippen molar-refractivity contribution in [1.29, 1.82) is 0 Å². The normalized spacial score (nSPS) is 16.0. The van der Waals surface area contributed by atoms with Gasteiger partial charge in [-0.2, -0.15) is 0 Å². The van der Waals surface area contributed by atoms with Crippen LogP contribution in [-0.2, 0) is 10.5 Å². The number of hydrogen-bond donors (Lipinski definition) is 1. The standard InChI is InChI=1S/C20H23BrO4S2/c1-23-15-7-4-6-14(18(15)22)20(26-10-5-11-27-20)12-13-8-9-16(24-2)19(25-3)17(13)21/h4,6-9,22H,5,10-12H2,1-3H3. The number of hydrogen-bond acceptors (Lipinski definition) is 6. The van der Waals surface area contributed by atoms with Crippen molar-refractivity contribution in [3.8, 4) is 23.0 Å². The van der Waals surface area contributed by atoms with E-state index >= 15 is 0 Å². The summed E-state index contributed by atoms with van der Waals surface area (Å²) in [7, 11) is 4.85. The van der Waals surface area contributed by atoms with Crippen LogP contribution in [0.4, 0.5) is 0 Å². The van der Waals surface area contributed by atoms with Crippen LogP contribution in [0.5, 0.6) is 23.0 Å². The van der Waals surface area contributed by atoms with Gasteiger partial charge in [0.05, 0.1) is 29.9 Å². The van der Waals surface area contributed by atoms with E-state index in [-0.39, 0.29) is 9.83 Å². The first-order valence-electron chi connectivity index (χ1n) is 8.60. The third-order valence-corrected chi connectivity index (χ3v) is 8.80. The van der Waals surface area contributed by atoms with Crippen molar-refractivity contribution in [2.45, 2.75) is 16.9 Å². The van der Waals surface area contributed by atoms with Gasteiger partial charge < -0.3 is 19.3 Å². The first-order valence-corrected chi connectivity index (χ1v) is 11.4. The predicted molar refractivity (Wildman–Crippen MR) is 117 cm³/mol. The molecular formula is C20H23BrO4S2. The summed E-state index contributed by atoms with van der Waals surface area (Å²) in [5.74, 6) is 4.20. The second-order valence-corrected chi connectivity index (χ2v) is 9.95. The minimum absolute atomic E-state index is 0.221. The molecule has 1 aliphatic heterocycles. The van der Waals surface area contributed by atoms with E-state index in [0.717, 1.165) is 39.9 Å². The van der Waals surface area contributed by atoms with E-state index in [1.54, 1.807) is 27.4 Å². The third kappa shape index (κ3) is 4.00. The molecule has 0 unspecified atom stereocenters. The second-order valence-electron chi connectivity index (χ2n) is 6.11. The zero-order valence-corrected chi connectivity index (χ0v) is 18.8. The van der Waals surface area contributed by atoms with Crippen molar-refractivity contribution in [1.82, 2.24) is 0 Å². The number of benzene rings is 2. The summed E-state index contributed by atoms with van der Waals surface area (Å²) in [4.78, 5) is 0. The summed E-state index contributed by atoms with van der Waals surface area (Å²) in [5.41, 5.74) is 2.01. The topological polar surface area (TPSA) is 47.9 Å². The number of aromatic hydroxyl groups is 1. The van der Waals surface area contributed by atoms with Crippen LogP contribution in [0.1, 0.15) is 17.5 Å². The predicted octanol–water partition coefficient (Wildman–Crippen LogP) is 5.45. The number of thioether (sulfide) groups is 2. The zero-order chi connectivity index (χ0) is 19.4. The maximum Gasteiger partial charge on any atom is 0.175 e. The van der Waals surface area contributed by atoms with Crippen LogP contribution >= 0.6 is 39.5 Å². The molecule has 0 spiro atoms. The summed E-state index contributed by atoms with van der Waals surface area (Å²) in [5, 5.41) is 10.8. The number of halogens is 1. The van der Waals surface area contributed by atoms with Gasteiger partial charge in [0.1, 0.15) is 0 Å². The van der Waals surface area contributed by atoms with Gasteiger partial charge in [-0.3, -0.25) is 0 Å². The van der Waals surface area contributed by atoms with Gasteiger partial charge in [-0.1, -0.05) is 18.2 Å². The summed E-state index contributed by atoms with van der Waals surface area (Å²) in [6.45, 7) is 0. The first kappa shape index (κ1) is 20.6. The van der Waals surface area contributed by atoms with Crippen molar-refractivity contribution in [2.75, 3.05) is 32.8 Å². The quantitative estimate of drug-likeness (QED) is 0.605. The average molecular weight is 471 g/mol. The molecule has 0 aliphatic carbocycles. The fourth-order valence-corrected chi connectivity index (χ4v) is 7.28. The van der Waals surface area contributed by atoms with Crippen LogP contribution in [0.15, 0.2) is 34.8 Å². The van der Waals surface area contributed by atoms with Crippen molar-refractivity contribution >= 4 is 39.5 Å². The van der Waals surface area contributed by atoms with Gasteiger partial charge >= 0.3 is 0 Å². The molecule has 146 valence electrons. The van der Waals surface area contributed by atoms with Gasteiger partial charge in [0, 0.05) is 12.0 Å². The number of rotatable bonds is 6. The van der Waals surface area contributed by atoms with Crippen molar-refractivity contribution in [3.63, 3.8) is 0 Å². The molecule has 7 heteroatoms. The zero-order valence-electron chi connectivity index (χ0n) is 15.6. The number of phenols is 1. The van der Waals surface area contributed by atoms with E-state index in [9.17, 15) is 5.11 Å². The summed E-state index contributed by atoms with van der Waals surface area (Å²) < 4.78 is 16.9. The molecule has 0 aromatic heterocycles. The highest BCUT2D eigenvalue weighted by Crippen LogP contribution is 2.56. The SMILES string of the molecule is COc1cccc(C2(Cc3ccc(OC)c(OC)c3Br)SCCCS2)c1O. The molecule has 4 nitrogen and oxygen atoms in total. The minimum Gasteiger partial charge on any atom is -0.504 e. The van der Waals surface area contributed by atoms with Gasteiger partial charge in [-0.25, -0.2) is 0 Å². The average Bonchev–Trinajstić information content (AvgIpc) is 2.70. The molecular weight excluding hydrogens is 448 g/mol. The lowest BCUT2D eigenvalue weighted by Gasteiger charge is -2.37. The largest absolute Gasteiger partial charge is 0.504 e. The molecule has 1 aliphatic rings. The Morgan fingerprint density at radius 1 is 1.00 bits per heavy atom. The van der Waals surface area contributed by atoms with Crippen LogP contribution in [0, 0.1) is 0 Å². The Morgan fingerprint density at radius 3 is 2.33 bits per heavy atom. The fourth-order valence-electron chi connectivity index (χ4n) is 3.24. The lowest BCUT2D eigenvalue weighted by atomic mass is 10.0.